The Balaban J connectivity index is 2.86. The molecule has 0 saturated heterocycles. The molecule has 0 unspecified atom stereocenters. The van der Waals surface area contributed by atoms with Crippen molar-refractivity contribution < 1.29 is 19.4 Å². The van der Waals surface area contributed by atoms with Crippen LogP contribution < -0.4 is 0 Å². The Bertz CT molecular complexity index is 521. The number of hydrogen-bond acceptors (Lipinski definition) is 3. The van der Waals surface area contributed by atoms with E-state index < -0.39 is 20.4 Å². The third-order valence-electron chi connectivity index (χ3n) is 6.52. The minimum absolute atomic E-state index is 0.0165. The van der Waals surface area contributed by atoms with E-state index in [1.807, 2.05) is 0 Å². The first-order chi connectivity index (χ1) is 12.3. The molecule has 0 heterocycles. The Hall–Kier alpha value is -0.653. The monoisotopic (exact) mass is 398 g/mol. The highest BCUT2D eigenvalue weighted by Gasteiger charge is 2.43. The zero-order valence-corrected chi connectivity index (χ0v) is 19.6. The summed E-state index contributed by atoms with van der Waals surface area (Å²) in [6.45, 7) is 15.9. The molecule has 0 aromatic rings. The largest absolute Gasteiger partial charge is 0.481 e. The van der Waals surface area contributed by atoms with Crippen molar-refractivity contribution in [1.29, 1.82) is 0 Å². The lowest BCUT2D eigenvalue weighted by molar-refractivity contribution is -0.138. The third-order valence-corrected chi connectivity index (χ3v) is 11.1. The Morgan fingerprint density at radius 3 is 2.37 bits per heavy atom. The lowest BCUT2D eigenvalue weighted by atomic mass is 9.87. The maximum absolute atomic E-state index is 11.2. The van der Waals surface area contributed by atoms with Gasteiger partial charge in [-0.05, 0) is 50.7 Å². The highest BCUT2D eigenvalue weighted by Crippen LogP contribution is 2.43. The average molecular weight is 399 g/mol. The van der Waals surface area contributed by atoms with Gasteiger partial charge in [0.05, 0.1) is 18.1 Å². The van der Waals surface area contributed by atoms with Crippen LogP contribution in [-0.4, -0.2) is 36.2 Å². The van der Waals surface area contributed by atoms with Gasteiger partial charge in [-0.25, -0.2) is 0 Å². The van der Waals surface area contributed by atoms with Gasteiger partial charge in [0.15, 0.2) is 8.32 Å². The van der Waals surface area contributed by atoms with Gasteiger partial charge in [-0.3, -0.25) is 4.79 Å². The van der Waals surface area contributed by atoms with Crippen molar-refractivity contribution in [3.8, 4) is 0 Å². The molecule has 0 aromatic carbocycles. The molecule has 158 valence electrons. The summed E-state index contributed by atoms with van der Waals surface area (Å²) >= 11 is 0. The second kappa shape index (κ2) is 9.70. The zero-order valence-electron chi connectivity index (χ0n) is 18.6. The SMILES string of the molecule is CCCCC[C@@](C)(CCC1=CC[C@H](O)[C@@H]1CC(=O)O)O[Si](C)(C)C(C)(C)C. The number of carboxylic acids is 1. The van der Waals surface area contributed by atoms with E-state index >= 15 is 0 Å². The van der Waals surface area contributed by atoms with E-state index in [0.717, 1.165) is 31.3 Å². The maximum atomic E-state index is 11.2. The molecule has 2 N–H and O–H groups in total. The molecular formula is C22H42O4Si. The highest BCUT2D eigenvalue weighted by molar-refractivity contribution is 6.74. The summed E-state index contributed by atoms with van der Waals surface area (Å²) in [5.41, 5.74) is 0.908. The van der Waals surface area contributed by atoms with Crippen molar-refractivity contribution in [1.82, 2.24) is 0 Å². The summed E-state index contributed by atoms with van der Waals surface area (Å²) in [7, 11) is -1.90. The minimum atomic E-state index is -1.90. The normalized spacial score (nSPS) is 23.2. The molecule has 0 aliphatic heterocycles. The van der Waals surface area contributed by atoms with Gasteiger partial charge in [0.25, 0.3) is 0 Å². The van der Waals surface area contributed by atoms with Crippen molar-refractivity contribution in [2.24, 2.45) is 5.92 Å². The van der Waals surface area contributed by atoms with E-state index in [1.54, 1.807) is 0 Å². The predicted molar refractivity (Wildman–Crippen MR) is 115 cm³/mol. The molecule has 1 aliphatic carbocycles. The second-order valence-corrected chi connectivity index (χ2v) is 14.8. The first kappa shape index (κ1) is 24.4. The maximum Gasteiger partial charge on any atom is 0.304 e. The fourth-order valence-corrected chi connectivity index (χ4v) is 5.47. The number of carboxylic acid groups (broad SMARTS) is 1. The van der Waals surface area contributed by atoms with Crippen LogP contribution in [-0.2, 0) is 9.22 Å². The van der Waals surface area contributed by atoms with E-state index in [4.69, 9.17) is 9.53 Å². The lowest BCUT2D eigenvalue weighted by Gasteiger charge is -2.45. The van der Waals surface area contributed by atoms with E-state index in [0.29, 0.717) is 6.42 Å². The van der Waals surface area contributed by atoms with Gasteiger partial charge in [-0.2, -0.15) is 0 Å². The summed E-state index contributed by atoms with van der Waals surface area (Å²) in [5.74, 6) is -1.08. The summed E-state index contributed by atoms with van der Waals surface area (Å²) in [4.78, 5) is 11.2. The molecule has 0 aromatic heterocycles. The molecule has 3 atom stereocenters. The van der Waals surface area contributed by atoms with Crippen LogP contribution in [0.25, 0.3) is 0 Å². The Labute approximate surface area is 167 Å². The van der Waals surface area contributed by atoms with Gasteiger partial charge in [-0.1, -0.05) is 58.6 Å². The smallest absolute Gasteiger partial charge is 0.304 e. The molecule has 0 amide bonds. The van der Waals surface area contributed by atoms with Crippen LogP contribution >= 0.6 is 0 Å². The van der Waals surface area contributed by atoms with Crippen molar-refractivity contribution >= 4 is 14.3 Å². The van der Waals surface area contributed by atoms with Gasteiger partial charge in [-0.15, -0.1) is 0 Å². The number of unbranched alkanes of at least 4 members (excludes halogenated alkanes) is 2. The quantitative estimate of drug-likeness (QED) is 0.258. The van der Waals surface area contributed by atoms with Crippen molar-refractivity contribution in [3.05, 3.63) is 11.6 Å². The third kappa shape index (κ3) is 7.35. The van der Waals surface area contributed by atoms with Gasteiger partial charge in [0, 0.05) is 5.92 Å². The predicted octanol–water partition coefficient (Wildman–Crippen LogP) is 5.91. The number of rotatable bonds is 11. The molecule has 1 rings (SSSR count). The van der Waals surface area contributed by atoms with E-state index in [2.05, 4.69) is 53.8 Å². The van der Waals surface area contributed by atoms with Crippen molar-refractivity contribution in [2.75, 3.05) is 0 Å². The Morgan fingerprint density at radius 1 is 1.22 bits per heavy atom. The summed E-state index contributed by atoms with van der Waals surface area (Å²) in [5, 5.41) is 19.5. The van der Waals surface area contributed by atoms with Gasteiger partial charge in [0.2, 0.25) is 0 Å². The standard InChI is InChI=1S/C22H42O4Si/c1-8-9-10-14-22(5,26-27(6,7)21(2,3)4)15-13-17-11-12-19(23)18(17)16-20(24)25/h11,18-19,23H,8-10,12-16H2,1-7H3,(H,24,25)/t18-,19+,22+/m1/s1. The van der Waals surface area contributed by atoms with E-state index in [1.165, 1.54) is 12.8 Å². The lowest BCUT2D eigenvalue weighted by Crippen LogP contribution is -2.48. The molecule has 0 bridgehead atoms. The fraction of sp³-hybridized carbons (Fsp3) is 0.864. The van der Waals surface area contributed by atoms with Crippen molar-refractivity contribution in [2.45, 2.75) is 116 Å². The number of carbonyl (C=O) groups is 1. The average Bonchev–Trinajstić information content (AvgIpc) is 2.84. The first-order valence-corrected chi connectivity index (χ1v) is 13.5. The van der Waals surface area contributed by atoms with Gasteiger partial charge >= 0.3 is 5.97 Å². The number of aliphatic hydroxyl groups excluding tert-OH is 1. The summed E-state index contributed by atoms with van der Waals surface area (Å²) in [6.07, 6.45) is 8.37. The molecule has 0 radical (unpaired) electrons. The van der Waals surface area contributed by atoms with Gasteiger partial charge in [0.1, 0.15) is 0 Å². The van der Waals surface area contributed by atoms with Crippen LogP contribution in [0.2, 0.25) is 18.1 Å². The Kier molecular flexibility index (Phi) is 8.76. The molecule has 0 fully saturated rings. The van der Waals surface area contributed by atoms with Crippen LogP contribution in [0, 0.1) is 5.92 Å². The summed E-state index contributed by atoms with van der Waals surface area (Å²) < 4.78 is 6.87. The van der Waals surface area contributed by atoms with Crippen LogP contribution in [0.5, 0.6) is 0 Å². The summed E-state index contributed by atoms with van der Waals surface area (Å²) in [6, 6.07) is 0. The molecular weight excluding hydrogens is 356 g/mol. The molecule has 4 nitrogen and oxygen atoms in total. The topological polar surface area (TPSA) is 66.8 Å². The molecule has 27 heavy (non-hydrogen) atoms. The number of aliphatic hydroxyl groups is 1. The Morgan fingerprint density at radius 2 is 1.85 bits per heavy atom. The van der Waals surface area contributed by atoms with Crippen molar-refractivity contribution in [3.63, 3.8) is 0 Å². The van der Waals surface area contributed by atoms with E-state index in [9.17, 15) is 9.90 Å². The first-order valence-electron chi connectivity index (χ1n) is 10.6. The molecule has 5 heteroatoms. The van der Waals surface area contributed by atoms with E-state index in [-0.39, 0.29) is 23.0 Å². The highest BCUT2D eigenvalue weighted by atomic mass is 28.4. The van der Waals surface area contributed by atoms with Crippen LogP contribution in [0.4, 0.5) is 0 Å². The molecule has 0 saturated carbocycles. The van der Waals surface area contributed by atoms with Gasteiger partial charge < -0.3 is 14.6 Å². The number of hydrogen-bond donors (Lipinski definition) is 2. The van der Waals surface area contributed by atoms with Crippen LogP contribution in [0.3, 0.4) is 0 Å². The minimum Gasteiger partial charge on any atom is -0.481 e. The van der Waals surface area contributed by atoms with Crippen LogP contribution in [0.1, 0.15) is 86.0 Å². The second-order valence-electron chi connectivity index (χ2n) is 10.1. The number of aliphatic carboxylic acids is 1. The fourth-order valence-electron chi connectivity index (χ4n) is 3.73. The molecule has 0 spiro atoms. The zero-order chi connectivity index (χ0) is 20.9. The van der Waals surface area contributed by atoms with Crippen LogP contribution in [0.15, 0.2) is 11.6 Å². The molecule has 1 aliphatic rings.